The van der Waals surface area contributed by atoms with Crippen molar-refractivity contribution in [2.75, 3.05) is 6.54 Å². The molecule has 0 aliphatic rings. The van der Waals surface area contributed by atoms with E-state index in [9.17, 15) is 0 Å². The minimum Gasteiger partial charge on any atom is -0.304 e. The lowest BCUT2D eigenvalue weighted by Crippen LogP contribution is -2.25. The third-order valence-electron chi connectivity index (χ3n) is 6.35. The van der Waals surface area contributed by atoms with Crippen LogP contribution in [0.1, 0.15) is 127 Å². The molecule has 0 spiro atoms. The van der Waals surface area contributed by atoms with E-state index >= 15 is 0 Å². The Labute approximate surface area is 197 Å². The normalized spacial score (nSPS) is 11.3. The van der Waals surface area contributed by atoms with Gasteiger partial charge in [-0.3, -0.25) is 9.97 Å². The van der Waals surface area contributed by atoms with E-state index < -0.39 is 0 Å². The first kappa shape index (κ1) is 26.5. The summed E-state index contributed by atoms with van der Waals surface area (Å²) < 4.78 is 0. The number of hydrogen-bond donors (Lipinski definition) is 1. The Morgan fingerprint density at radius 3 is 1.34 bits per heavy atom. The van der Waals surface area contributed by atoms with Crippen molar-refractivity contribution in [3.8, 4) is 0 Å². The summed E-state index contributed by atoms with van der Waals surface area (Å²) in [6, 6.07) is 12.3. The number of pyridine rings is 2. The summed E-state index contributed by atoms with van der Waals surface area (Å²) in [5, 5.41) is 3.68. The fourth-order valence-electron chi connectivity index (χ4n) is 4.37. The van der Waals surface area contributed by atoms with Crippen LogP contribution in [0.2, 0.25) is 0 Å². The Morgan fingerprint density at radius 2 is 0.969 bits per heavy atom. The summed E-state index contributed by atoms with van der Waals surface area (Å²) in [5.74, 6) is 0. The van der Waals surface area contributed by atoms with Crippen molar-refractivity contribution >= 4 is 0 Å². The van der Waals surface area contributed by atoms with E-state index in [0.29, 0.717) is 0 Å². The zero-order chi connectivity index (χ0) is 22.5. The van der Waals surface area contributed by atoms with E-state index in [2.05, 4.69) is 46.5 Å². The van der Waals surface area contributed by atoms with Crippen LogP contribution >= 0.6 is 0 Å². The van der Waals surface area contributed by atoms with E-state index in [1.165, 1.54) is 103 Å². The lowest BCUT2D eigenvalue weighted by molar-refractivity contribution is 0.514. The van der Waals surface area contributed by atoms with Gasteiger partial charge in [0.15, 0.2) is 0 Å². The van der Waals surface area contributed by atoms with Crippen molar-refractivity contribution in [2.24, 2.45) is 0 Å². The van der Waals surface area contributed by atoms with Gasteiger partial charge in [0, 0.05) is 12.4 Å². The molecule has 0 fully saturated rings. The molecule has 0 atom stereocenters. The molecule has 3 nitrogen and oxygen atoms in total. The number of nitrogens with one attached hydrogen (secondary N) is 1. The van der Waals surface area contributed by atoms with Gasteiger partial charge >= 0.3 is 0 Å². The molecule has 2 heterocycles. The molecule has 0 radical (unpaired) electrons. The van der Waals surface area contributed by atoms with Crippen LogP contribution in [0.3, 0.4) is 0 Å². The summed E-state index contributed by atoms with van der Waals surface area (Å²) in [4.78, 5) is 9.10. The molecule has 3 heteroatoms. The molecule has 0 aromatic carbocycles. The third kappa shape index (κ3) is 12.3. The highest BCUT2D eigenvalue weighted by molar-refractivity contribution is 5.21. The highest BCUT2D eigenvalue weighted by atomic mass is 15.0. The van der Waals surface area contributed by atoms with E-state index in [1.807, 2.05) is 24.5 Å². The summed E-state index contributed by atoms with van der Waals surface area (Å²) in [5.41, 5.74) is 2.09. The second-order valence-electron chi connectivity index (χ2n) is 9.20. The second kappa shape index (κ2) is 18.8. The molecule has 178 valence electrons. The van der Waals surface area contributed by atoms with Gasteiger partial charge in [-0.05, 0) is 37.2 Å². The van der Waals surface area contributed by atoms with Gasteiger partial charge in [0.2, 0.25) is 0 Å². The van der Waals surface area contributed by atoms with Crippen LogP contribution in [0, 0.1) is 0 Å². The van der Waals surface area contributed by atoms with Crippen LogP contribution < -0.4 is 5.32 Å². The zero-order valence-corrected chi connectivity index (χ0v) is 20.6. The molecular weight excluding hydrogens is 390 g/mol. The Morgan fingerprint density at radius 1 is 0.562 bits per heavy atom. The van der Waals surface area contributed by atoms with Crippen molar-refractivity contribution in [1.82, 2.24) is 15.3 Å². The van der Waals surface area contributed by atoms with Gasteiger partial charge in [0.25, 0.3) is 0 Å². The fourth-order valence-corrected chi connectivity index (χ4v) is 4.37. The molecule has 0 saturated heterocycles. The zero-order valence-electron chi connectivity index (χ0n) is 20.6. The molecule has 2 rings (SSSR count). The maximum Gasteiger partial charge on any atom is 0.0925 e. The van der Waals surface area contributed by atoms with E-state index in [-0.39, 0.29) is 6.04 Å². The van der Waals surface area contributed by atoms with Crippen LogP contribution in [-0.4, -0.2) is 16.5 Å². The molecule has 2 aromatic rings. The van der Waals surface area contributed by atoms with Crippen molar-refractivity contribution in [1.29, 1.82) is 0 Å². The van der Waals surface area contributed by atoms with Crippen LogP contribution in [0.4, 0.5) is 0 Å². The average molecular weight is 438 g/mol. The van der Waals surface area contributed by atoms with Gasteiger partial charge in [-0.15, -0.1) is 0 Å². The van der Waals surface area contributed by atoms with Crippen LogP contribution in [-0.2, 0) is 0 Å². The van der Waals surface area contributed by atoms with Crippen molar-refractivity contribution in [3.05, 3.63) is 60.2 Å². The number of unbranched alkanes of at least 4 members (excludes halogenated alkanes) is 15. The monoisotopic (exact) mass is 437 g/mol. The van der Waals surface area contributed by atoms with Crippen LogP contribution in [0.15, 0.2) is 48.8 Å². The SMILES string of the molecule is CCCCCCCCCCCCCCCCCCNC(c1ccccn1)c1ccccn1. The number of rotatable bonds is 20. The van der Waals surface area contributed by atoms with E-state index in [0.717, 1.165) is 17.9 Å². The van der Waals surface area contributed by atoms with Crippen molar-refractivity contribution in [2.45, 2.75) is 116 Å². The van der Waals surface area contributed by atoms with E-state index in [1.54, 1.807) is 0 Å². The first-order valence-electron chi connectivity index (χ1n) is 13.5. The van der Waals surface area contributed by atoms with E-state index in [4.69, 9.17) is 0 Å². The Balaban J connectivity index is 1.44. The first-order chi connectivity index (χ1) is 15.9. The summed E-state index contributed by atoms with van der Waals surface area (Å²) in [7, 11) is 0. The lowest BCUT2D eigenvalue weighted by Gasteiger charge is -2.17. The predicted molar refractivity (Wildman–Crippen MR) is 138 cm³/mol. The van der Waals surface area contributed by atoms with Gasteiger partial charge in [-0.2, -0.15) is 0 Å². The number of nitrogens with zero attached hydrogens (tertiary/aromatic N) is 2. The molecule has 0 amide bonds. The lowest BCUT2D eigenvalue weighted by atomic mass is 10.0. The summed E-state index contributed by atoms with van der Waals surface area (Å²) in [6.45, 7) is 3.30. The summed E-state index contributed by atoms with van der Waals surface area (Å²) >= 11 is 0. The number of aromatic nitrogens is 2. The van der Waals surface area contributed by atoms with Crippen LogP contribution in [0.5, 0.6) is 0 Å². The Bertz CT molecular complexity index is 604. The Hall–Kier alpha value is -1.74. The molecule has 0 aliphatic heterocycles. The van der Waals surface area contributed by atoms with Gasteiger partial charge in [-0.1, -0.05) is 115 Å². The topological polar surface area (TPSA) is 37.8 Å². The molecule has 0 unspecified atom stereocenters. The average Bonchev–Trinajstić information content (AvgIpc) is 2.84. The van der Waals surface area contributed by atoms with Gasteiger partial charge in [0.05, 0.1) is 17.4 Å². The minimum atomic E-state index is 0.0775. The van der Waals surface area contributed by atoms with Crippen LogP contribution in [0.25, 0.3) is 0 Å². The standard InChI is InChI=1S/C29H47N3/c1-2-3-4-5-6-7-8-9-10-11-12-13-14-15-16-19-26-32-29(27-22-17-20-24-30-27)28-23-18-21-25-31-28/h17-18,20-25,29,32H,2-16,19,26H2,1H3. The second-order valence-corrected chi connectivity index (χ2v) is 9.20. The molecule has 0 aliphatic carbocycles. The minimum absolute atomic E-state index is 0.0775. The molecule has 1 N–H and O–H groups in total. The molecular formula is C29H47N3. The van der Waals surface area contributed by atoms with Crippen molar-refractivity contribution in [3.63, 3.8) is 0 Å². The maximum absolute atomic E-state index is 4.55. The maximum atomic E-state index is 4.55. The molecule has 2 aromatic heterocycles. The molecule has 32 heavy (non-hydrogen) atoms. The largest absolute Gasteiger partial charge is 0.304 e. The number of hydrogen-bond acceptors (Lipinski definition) is 3. The van der Waals surface area contributed by atoms with Gasteiger partial charge in [0.1, 0.15) is 0 Å². The first-order valence-corrected chi connectivity index (χ1v) is 13.5. The summed E-state index contributed by atoms with van der Waals surface area (Å²) in [6.07, 6.45) is 26.2. The van der Waals surface area contributed by atoms with Crippen molar-refractivity contribution < 1.29 is 0 Å². The fraction of sp³-hybridized carbons (Fsp3) is 0.655. The highest BCUT2D eigenvalue weighted by Gasteiger charge is 2.15. The third-order valence-corrected chi connectivity index (χ3v) is 6.35. The van der Waals surface area contributed by atoms with Gasteiger partial charge in [-0.25, -0.2) is 0 Å². The predicted octanol–water partition coefficient (Wildman–Crippen LogP) is 8.42. The quantitative estimate of drug-likeness (QED) is 0.211. The molecule has 0 bridgehead atoms. The smallest absolute Gasteiger partial charge is 0.0925 e. The molecule has 0 saturated carbocycles. The van der Waals surface area contributed by atoms with Gasteiger partial charge < -0.3 is 5.32 Å². The highest BCUT2D eigenvalue weighted by Crippen LogP contribution is 2.18. The Kier molecular flexibility index (Phi) is 15.6.